The molecular weight excluding hydrogens is 184 g/mol. The van der Waals surface area contributed by atoms with Gasteiger partial charge in [-0.25, -0.2) is 8.42 Å². The van der Waals surface area contributed by atoms with Crippen molar-refractivity contribution in [3.63, 3.8) is 0 Å². The Morgan fingerprint density at radius 2 is 1.31 bits per heavy atom. The number of hydrogen-bond acceptors (Lipinski definition) is 2. The molecule has 0 bridgehead atoms. The molecule has 1 aliphatic rings. The molecule has 1 saturated heterocycles. The third-order valence-corrected chi connectivity index (χ3v) is 6.14. The molecule has 0 radical (unpaired) electrons. The van der Waals surface area contributed by atoms with Gasteiger partial charge in [-0.2, -0.15) is 0 Å². The number of hydrogen-bond donors (Lipinski definition) is 0. The van der Waals surface area contributed by atoms with Crippen LogP contribution in [0.4, 0.5) is 0 Å². The Hall–Kier alpha value is -0.310. The lowest BCUT2D eigenvalue weighted by Crippen LogP contribution is -2.63. The number of sulfone groups is 1. The van der Waals surface area contributed by atoms with E-state index in [1.165, 1.54) is 0 Å². The zero-order valence-corrected chi connectivity index (χ0v) is 10.0. The minimum Gasteiger partial charge on any atom is -0.227 e. The molecule has 1 rings (SSSR count). The fourth-order valence-electron chi connectivity index (χ4n) is 2.79. The first kappa shape index (κ1) is 10.8. The van der Waals surface area contributed by atoms with Gasteiger partial charge in [0, 0.05) is 0 Å². The number of rotatable bonds is 0. The van der Waals surface area contributed by atoms with Gasteiger partial charge in [0.25, 0.3) is 0 Å². The zero-order valence-electron chi connectivity index (χ0n) is 9.22. The van der Waals surface area contributed by atoms with Gasteiger partial charge in [-0.15, -0.1) is 0 Å². The zero-order chi connectivity index (χ0) is 10.7. The Bertz CT molecular complexity index is 342. The molecule has 0 unspecified atom stereocenters. The standard InChI is InChI=1S/C10H18O2S/c1-7(2)8-9(3,4)13(11,12)10(8,5)6/h1-6H3. The van der Waals surface area contributed by atoms with Gasteiger partial charge in [0.15, 0.2) is 9.84 Å². The van der Waals surface area contributed by atoms with Crippen LogP contribution in [0.5, 0.6) is 0 Å². The van der Waals surface area contributed by atoms with E-state index < -0.39 is 19.3 Å². The predicted octanol–water partition coefficient (Wildman–Crippen LogP) is 2.31. The molecule has 0 aromatic rings. The first-order valence-electron chi connectivity index (χ1n) is 4.49. The van der Waals surface area contributed by atoms with E-state index in [0.29, 0.717) is 0 Å². The van der Waals surface area contributed by atoms with Crippen molar-refractivity contribution in [2.45, 2.75) is 51.0 Å². The van der Waals surface area contributed by atoms with E-state index in [4.69, 9.17) is 0 Å². The van der Waals surface area contributed by atoms with E-state index in [1.54, 1.807) is 27.7 Å². The first-order valence-corrected chi connectivity index (χ1v) is 5.97. The first-order chi connectivity index (χ1) is 5.57. The molecule has 3 heteroatoms. The molecule has 0 saturated carbocycles. The highest BCUT2D eigenvalue weighted by Crippen LogP contribution is 2.53. The molecule has 0 aromatic heterocycles. The second-order valence-corrected chi connectivity index (χ2v) is 7.95. The summed E-state index contributed by atoms with van der Waals surface area (Å²) in [5.41, 5.74) is 2.20. The average Bonchev–Trinajstić information content (AvgIpc) is 1.82. The summed E-state index contributed by atoms with van der Waals surface area (Å²) in [5, 5.41) is 0. The molecule has 0 N–H and O–H groups in total. The molecule has 1 aliphatic heterocycles. The predicted molar refractivity (Wildman–Crippen MR) is 55.5 cm³/mol. The van der Waals surface area contributed by atoms with Crippen LogP contribution in [0.1, 0.15) is 41.5 Å². The van der Waals surface area contributed by atoms with Crippen molar-refractivity contribution < 1.29 is 8.42 Å². The lowest BCUT2D eigenvalue weighted by molar-refractivity contribution is 0.475. The second kappa shape index (κ2) is 2.38. The summed E-state index contributed by atoms with van der Waals surface area (Å²) in [6.45, 7) is 11.1. The molecule has 0 aromatic carbocycles. The van der Waals surface area contributed by atoms with Crippen molar-refractivity contribution in [2.75, 3.05) is 0 Å². The van der Waals surface area contributed by atoms with E-state index in [0.717, 1.165) is 11.1 Å². The lowest BCUT2D eigenvalue weighted by Gasteiger charge is -2.52. The third-order valence-electron chi connectivity index (χ3n) is 3.05. The van der Waals surface area contributed by atoms with Crippen LogP contribution in [-0.4, -0.2) is 17.9 Å². The van der Waals surface area contributed by atoms with Crippen LogP contribution in [0.2, 0.25) is 0 Å². The Kier molecular flexibility index (Phi) is 1.97. The monoisotopic (exact) mass is 202 g/mol. The van der Waals surface area contributed by atoms with Crippen molar-refractivity contribution >= 4 is 9.84 Å². The summed E-state index contributed by atoms with van der Waals surface area (Å²) in [5.74, 6) is 0. The Balaban J connectivity index is 3.45. The fourth-order valence-corrected chi connectivity index (χ4v) is 5.37. The molecule has 0 amide bonds. The van der Waals surface area contributed by atoms with Crippen molar-refractivity contribution in [1.82, 2.24) is 0 Å². The molecule has 1 heterocycles. The van der Waals surface area contributed by atoms with Crippen molar-refractivity contribution in [3.8, 4) is 0 Å². The van der Waals surface area contributed by atoms with Crippen LogP contribution in [0, 0.1) is 0 Å². The molecule has 0 spiro atoms. The van der Waals surface area contributed by atoms with Gasteiger partial charge in [-0.3, -0.25) is 0 Å². The topological polar surface area (TPSA) is 34.1 Å². The highest BCUT2D eigenvalue weighted by molar-refractivity contribution is 7.96. The van der Waals surface area contributed by atoms with Crippen molar-refractivity contribution in [3.05, 3.63) is 11.1 Å². The molecule has 0 atom stereocenters. The van der Waals surface area contributed by atoms with Gasteiger partial charge >= 0.3 is 0 Å². The molecule has 13 heavy (non-hydrogen) atoms. The quantitative estimate of drug-likeness (QED) is 0.565. The van der Waals surface area contributed by atoms with Crippen LogP contribution in [0.25, 0.3) is 0 Å². The third kappa shape index (κ3) is 0.967. The molecule has 1 fully saturated rings. The smallest absolute Gasteiger partial charge is 0.168 e. The normalized spacial score (nSPS) is 28.0. The Labute approximate surface area is 81.0 Å². The minimum atomic E-state index is -2.99. The van der Waals surface area contributed by atoms with E-state index in [-0.39, 0.29) is 0 Å². The largest absolute Gasteiger partial charge is 0.227 e. The van der Waals surface area contributed by atoms with E-state index >= 15 is 0 Å². The highest BCUT2D eigenvalue weighted by Gasteiger charge is 2.63. The summed E-state index contributed by atoms with van der Waals surface area (Å²) in [7, 11) is -2.99. The van der Waals surface area contributed by atoms with Gasteiger partial charge in [-0.05, 0) is 47.1 Å². The minimum absolute atomic E-state index is 0.657. The summed E-state index contributed by atoms with van der Waals surface area (Å²) in [6.07, 6.45) is 0. The van der Waals surface area contributed by atoms with E-state index in [9.17, 15) is 8.42 Å². The van der Waals surface area contributed by atoms with Crippen LogP contribution < -0.4 is 0 Å². The summed E-state index contributed by atoms with van der Waals surface area (Å²) >= 11 is 0. The summed E-state index contributed by atoms with van der Waals surface area (Å²) in [4.78, 5) is 0. The van der Waals surface area contributed by atoms with Gasteiger partial charge in [0.1, 0.15) is 0 Å². The van der Waals surface area contributed by atoms with Crippen molar-refractivity contribution in [1.29, 1.82) is 0 Å². The molecule has 76 valence electrons. The lowest BCUT2D eigenvalue weighted by atomic mass is 9.85. The van der Waals surface area contributed by atoms with Crippen LogP contribution >= 0.6 is 0 Å². The Morgan fingerprint density at radius 3 is 1.46 bits per heavy atom. The SMILES string of the molecule is CC(C)=C1C(C)(C)S(=O)(=O)C1(C)C. The maximum Gasteiger partial charge on any atom is 0.168 e. The maximum atomic E-state index is 11.9. The highest BCUT2D eigenvalue weighted by atomic mass is 32.2. The summed E-state index contributed by atoms with van der Waals surface area (Å²) in [6, 6.07) is 0. The molecular formula is C10H18O2S. The fraction of sp³-hybridized carbons (Fsp3) is 0.800. The second-order valence-electron chi connectivity index (χ2n) is 4.90. The van der Waals surface area contributed by atoms with Gasteiger partial charge < -0.3 is 0 Å². The van der Waals surface area contributed by atoms with Gasteiger partial charge in [0.2, 0.25) is 0 Å². The summed E-state index contributed by atoms with van der Waals surface area (Å²) < 4.78 is 22.4. The van der Waals surface area contributed by atoms with Gasteiger partial charge in [0.05, 0.1) is 9.49 Å². The Morgan fingerprint density at radius 1 is 1.00 bits per heavy atom. The average molecular weight is 202 g/mol. The van der Waals surface area contributed by atoms with E-state index in [2.05, 4.69) is 0 Å². The maximum absolute atomic E-state index is 11.9. The number of allylic oxidation sites excluding steroid dienone is 1. The van der Waals surface area contributed by atoms with E-state index in [1.807, 2.05) is 13.8 Å². The molecule has 2 nitrogen and oxygen atoms in total. The van der Waals surface area contributed by atoms with Crippen LogP contribution in [0.3, 0.4) is 0 Å². The molecule has 0 aliphatic carbocycles. The van der Waals surface area contributed by atoms with Crippen LogP contribution in [0.15, 0.2) is 11.1 Å². The van der Waals surface area contributed by atoms with Gasteiger partial charge in [-0.1, -0.05) is 5.57 Å². The van der Waals surface area contributed by atoms with Crippen molar-refractivity contribution in [2.24, 2.45) is 0 Å². The van der Waals surface area contributed by atoms with Crippen LogP contribution in [-0.2, 0) is 9.84 Å².